The van der Waals surface area contributed by atoms with Gasteiger partial charge < -0.3 is 14.9 Å². The number of nitrogens with zero attached hydrogens (tertiary/aromatic N) is 1. The molecule has 0 saturated heterocycles. The first-order chi connectivity index (χ1) is 10.6. The lowest BCUT2D eigenvalue weighted by Gasteiger charge is -2.19. The molecule has 0 bridgehead atoms. The summed E-state index contributed by atoms with van der Waals surface area (Å²) in [6.07, 6.45) is 3.95. The highest BCUT2D eigenvalue weighted by Crippen LogP contribution is 2.30. The van der Waals surface area contributed by atoms with Crippen LogP contribution in [0.4, 0.5) is 10.1 Å². The summed E-state index contributed by atoms with van der Waals surface area (Å²) in [6.45, 7) is 0.513. The fourth-order valence-corrected chi connectivity index (χ4v) is 3.24. The Balaban J connectivity index is 1.78. The summed E-state index contributed by atoms with van der Waals surface area (Å²) in [5, 5.41) is 0.834. The Kier molecular flexibility index (Phi) is 2.87. The fourth-order valence-electron chi connectivity index (χ4n) is 2.93. The summed E-state index contributed by atoms with van der Waals surface area (Å²) in [6, 6.07) is 6.51. The standard InChI is InChI=1S/C16H12FN3OS/c17-10-1-2-13-11(5-10)9(7-19-13)8-20-14-3-4-18-16(21)12(14)6-15(20)22/h1-5,7,19H,6,8H2,(H,18,21). The first kappa shape index (κ1) is 13.2. The molecule has 22 heavy (non-hydrogen) atoms. The average molecular weight is 313 g/mol. The topological polar surface area (TPSA) is 51.9 Å². The summed E-state index contributed by atoms with van der Waals surface area (Å²) >= 11 is 5.42. The maximum Gasteiger partial charge on any atom is 0.253 e. The van der Waals surface area contributed by atoms with Crippen molar-refractivity contribution in [1.29, 1.82) is 0 Å². The number of aromatic nitrogens is 2. The summed E-state index contributed by atoms with van der Waals surface area (Å²) in [5.41, 5.74) is 3.25. The molecule has 2 aromatic heterocycles. The molecular weight excluding hydrogens is 301 g/mol. The lowest BCUT2D eigenvalue weighted by Crippen LogP contribution is -2.24. The van der Waals surface area contributed by atoms with E-state index in [1.807, 2.05) is 17.2 Å². The van der Waals surface area contributed by atoms with Crippen LogP contribution in [0.15, 0.2) is 41.5 Å². The van der Waals surface area contributed by atoms with Crippen molar-refractivity contribution in [2.45, 2.75) is 13.0 Å². The van der Waals surface area contributed by atoms with Crippen molar-refractivity contribution in [3.8, 4) is 0 Å². The van der Waals surface area contributed by atoms with E-state index >= 15 is 0 Å². The molecule has 4 nitrogen and oxygen atoms in total. The van der Waals surface area contributed by atoms with E-state index in [1.165, 1.54) is 12.1 Å². The largest absolute Gasteiger partial charge is 0.361 e. The number of aromatic amines is 2. The van der Waals surface area contributed by atoms with E-state index in [4.69, 9.17) is 12.2 Å². The van der Waals surface area contributed by atoms with Gasteiger partial charge in [-0.15, -0.1) is 0 Å². The molecule has 3 heterocycles. The molecule has 0 fully saturated rings. The van der Waals surface area contributed by atoms with Crippen LogP contribution in [-0.4, -0.2) is 15.0 Å². The Morgan fingerprint density at radius 1 is 1.27 bits per heavy atom. The van der Waals surface area contributed by atoms with Gasteiger partial charge in [0.15, 0.2) is 0 Å². The summed E-state index contributed by atoms with van der Waals surface area (Å²) in [5.74, 6) is -0.269. The molecule has 0 aliphatic carbocycles. The van der Waals surface area contributed by atoms with E-state index in [2.05, 4.69) is 9.97 Å². The van der Waals surface area contributed by atoms with Gasteiger partial charge in [-0.3, -0.25) is 4.79 Å². The molecule has 3 aromatic rings. The SMILES string of the molecule is O=c1[nH]ccc2c1CC(=S)N2Cc1c[nH]c2ccc(F)cc12. The van der Waals surface area contributed by atoms with Gasteiger partial charge in [0.05, 0.1) is 17.2 Å². The van der Waals surface area contributed by atoms with Crippen molar-refractivity contribution < 1.29 is 4.39 Å². The van der Waals surface area contributed by atoms with Crippen LogP contribution in [-0.2, 0) is 13.0 Å². The Hall–Kier alpha value is -2.47. The third kappa shape index (κ3) is 1.95. The van der Waals surface area contributed by atoms with Gasteiger partial charge in [-0.2, -0.15) is 0 Å². The van der Waals surface area contributed by atoms with Gasteiger partial charge >= 0.3 is 0 Å². The number of benzene rings is 1. The van der Waals surface area contributed by atoms with Crippen LogP contribution in [0.2, 0.25) is 0 Å². The molecule has 0 atom stereocenters. The van der Waals surface area contributed by atoms with Crippen molar-refractivity contribution in [2.24, 2.45) is 0 Å². The number of nitrogens with one attached hydrogen (secondary N) is 2. The zero-order valence-electron chi connectivity index (χ0n) is 11.5. The van der Waals surface area contributed by atoms with Crippen molar-refractivity contribution >= 4 is 33.8 Å². The molecule has 1 aromatic carbocycles. The number of anilines is 1. The first-order valence-corrected chi connectivity index (χ1v) is 7.31. The summed E-state index contributed by atoms with van der Waals surface area (Å²) < 4.78 is 13.5. The number of pyridine rings is 1. The zero-order chi connectivity index (χ0) is 15.3. The third-order valence-corrected chi connectivity index (χ3v) is 4.38. The molecule has 0 saturated carbocycles. The van der Waals surface area contributed by atoms with Crippen LogP contribution < -0.4 is 10.5 Å². The number of thiocarbonyl (C=S) groups is 1. The lowest BCUT2D eigenvalue weighted by molar-refractivity contribution is 0.629. The highest BCUT2D eigenvalue weighted by molar-refractivity contribution is 7.80. The summed E-state index contributed by atoms with van der Waals surface area (Å²) in [7, 11) is 0. The van der Waals surface area contributed by atoms with Crippen LogP contribution in [0.25, 0.3) is 10.9 Å². The molecule has 0 unspecified atom stereocenters. The molecule has 0 amide bonds. The van der Waals surface area contributed by atoms with E-state index in [9.17, 15) is 9.18 Å². The molecule has 4 rings (SSSR count). The molecule has 110 valence electrons. The number of rotatable bonds is 2. The van der Waals surface area contributed by atoms with Gasteiger partial charge in [-0.1, -0.05) is 12.2 Å². The fraction of sp³-hybridized carbons (Fsp3) is 0.125. The van der Waals surface area contributed by atoms with Crippen molar-refractivity contribution in [3.05, 3.63) is 64.0 Å². The van der Waals surface area contributed by atoms with E-state index in [0.29, 0.717) is 23.5 Å². The molecule has 1 aliphatic heterocycles. The Morgan fingerprint density at radius 3 is 3.00 bits per heavy atom. The Bertz CT molecular complexity index is 959. The van der Waals surface area contributed by atoms with Gasteiger partial charge in [0.1, 0.15) is 5.82 Å². The molecule has 0 radical (unpaired) electrons. The minimum absolute atomic E-state index is 0.104. The predicted molar refractivity (Wildman–Crippen MR) is 87.8 cm³/mol. The molecule has 2 N–H and O–H groups in total. The highest BCUT2D eigenvalue weighted by Gasteiger charge is 2.27. The number of hydrogen-bond donors (Lipinski definition) is 2. The smallest absolute Gasteiger partial charge is 0.253 e. The van der Waals surface area contributed by atoms with Crippen LogP contribution in [0, 0.1) is 5.82 Å². The van der Waals surface area contributed by atoms with Crippen LogP contribution in [0.1, 0.15) is 11.1 Å². The quantitative estimate of drug-likeness (QED) is 0.715. The maximum atomic E-state index is 13.5. The van der Waals surface area contributed by atoms with Gasteiger partial charge in [0.2, 0.25) is 0 Å². The van der Waals surface area contributed by atoms with Crippen molar-refractivity contribution in [1.82, 2.24) is 9.97 Å². The molecular formula is C16H12FN3OS. The average Bonchev–Trinajstić information content (AvgIpc) is 3.03. The van der Waals surface area contributed by atoms with Gasteiger partial charge in [-0.25, -0.2) is 4.39 Å². The predicted octanol–water partition coefficient (Wildman–Crippen LogP) is 2.89. The highest BCUT2D eigenvalue weighted by atomic mass is 32.1. The van der Waals surface area contributed by atoms with Crippen molar-refractivity contribution in [2.75, 3.05) is 4.90 Å². The minimum Gasteiger partial charge on any atom is -0.361 e. The van der Waals surface area contributed by atoms with E-state index in [0.717, 1.165) is 22.2 Å². The monoisotopic (exact) mass is 313 g/mol. The van der Waals surface area contributed by atoms with Gasteiger partial charge in [-0.05, 0) is 29.8 Å². The molecule has 1 aliphatic rings. The number of hydrogen-bond acceptors (Lipinski definition) is 2. The zero-order valence-corrected chi connectivity index (χ0v) is 12.3. The normalized spacial score (nSPS) is 13.9. The minimum atomic E-state index is -0.269. The number of H-pyrrole nitrogens is 2. The lowest BCUT2D eigenvalue weighted by atomic mass is 10.1. The second kappa shape index (κ2) is 4.78. The molecule has 0 spiro atoms. The number of fused-ring (bicyclic) bond motifs is 2. The van der Waals surface area contributed by atoms with Crippen LogP contribution >= 0.6 is 12.2 Å². The molecule has 6 heteroatoms. The van der Waals surface area contributed by atoms with E-state index < -0.39 is 0 Å². The summed E-state index contributed by atoms with van der Waals surface area (Å²) in [4.78, 5) is 20.3. The van der Waals surface area contributed by atoms with Crippen molar-refractivity contribution in [3.63, 3.8) is 0 Å². The first-order valence-electron chi connectivity index (χ1n) is 6.90. The van der Waals surface area contributed by atoms with Gasteiger partial charge in [0, 0.05) is 35.3 Å². The Labute approximate surface area is 130 Å². The van der Waals surface area contributed by atoms with E-state index in [-0.39, 0.29) is 11.4 Å². The second-order valence-corrected chi connectivity index (χ2v) is 5.80. The van der Waals surface area contributed by atoms with Gasteiger partial charge in [0.25, 0.3) is 5.56 Å². The number of halogens is 1. The van der Waals surface area contributed by atoms with Crippen LogP contribution in [0.5, 0.6) is 0 Å². The third-order valence-electron chi connectivity index (χ3n) is 4.02. The van der Waals surface area contributed by atoms with E-state index in [1.54, 1.807) is 12.3 Å². The second-order valence-electron chi connectivity index (χ2n) is 5.33. The Morgan fingerprint density at radius 2 is 2.14 bits per heavy atom. The maximum absolute atomic E-state index is 13.5. The van der Waals surface area contributed by atoms with Crippen LogP contribution in [0.3, 0.4) is 0 Å².